The Kier molecular flexibility index (Phi) is 39.0. The topological polar surface area (TPSA) is 228 Å². The summed E-state index contributed by atoms with van der Waals surface area (Å²) in [7, 11) is 0. The molecule has 0 aliphatic carbocycles. The Morgan fingerprint density at radius 3 is 1.53 bits per heavy atom. The highest BCUT2D eigenvalue weighted by Gasteiger charge is 2.51. The van der Waals surface area contributed by atoms with Crippen LogP contribution in [-0.2, 0) is 23.7 Å². The second kappa shape index (κ2) is 43.2. The quantitative estimate of drug-likeness (QED) is 0.0208. The standard InChI is InChI=1S/C58H97NO13/c1-3-5-7-9-11-13-15-17-19-21-23-25-27-29-31-33-35-37-39-41-47(62)46(59-50(63)42-40-38-36-34-32-30-28-26-24-22-20-18-16-14-12-10-8-6-4-2)45-69-57-55(68)53(66)56(49(44-61)71-57)72-58-54(67)52(65)51(64)48(43-60)70-58/h6,8,12,14,18,20,23-26,30-33,39,41,46-49,51-58,60-62,64-68H,3-5,7,9-11,13,15-17,19,21-22,27-29,34-38,40,42-45H2,1-2H3,(H,59,63)/b8-6-,14-12-,20-18-,25-23+,26-24-,32-30-,33-31+,41-39+. The van der Waals surface area contributed by atoms with Crippen molar-refractivity contribution in [1.82, 2.24) is 5.32 Å². The van der Waals surface area contributed by atoms with Crippen molar-refractivity contribution in [2.24, 2.45) is 0 Å². The predicted molar refractivity (Wildman–Crippen MR) is 286 cm³/mol. The third kappa shape index (κ3) is 29.1. The average molecular weight is 1020 g/mol. The normalized spacial score (nSPS) is 26.4. The Hall–Kier alpha value is -3.09. The van der Waals surface area contributed by atoms with Crippen molar-refractivity contribution in [2.45, 2.75) is 242 Å². The molecule has 0 radical (unpaired) electrons. The molecule has 14 nitrogen and oxygen atoms in total. The summed E-state index contributed by atoms with van der Waals surface area (Å²) in [4.78, 5) is 13.2. The van der Waals surface area contributed by atoms with E-state index in [0.29, 0.717) is 12.8 Å². The second-order valence-electron chi connectivity index (χ2n) is 19.0. The minimum absolute atomic E-state index is 0.225. The molecule has 12 atom stereocenters. The third-order valence-electron chi connectivity index (χ3n) is 12.7. The van der Waals surface area contributed by atoms with Gasteiger partial charge in [-0.3, -0.25) is 4.79 Å². The fourth-order valence-corrected chi connectivity index (χ4v) is 8.29. The lowest BCUT2D eigenvalue weighted by atomic mass is 9.97. The number of hydrogen-bond donors (Lipinski definition) is 9. The molecule has 14 heteroatoms. The van der Waals surface area contributed by atoms with Gasteiger partial charge in [0.25, 0.3) is 0 Å². The number of hydrogen-bond acceptors (Lipinski definition) is 13. The van der Waals surface area contributed by atoms with Gasteiger partial charge < -0.3 is 65.1 Å². The van der Waals surface area contributed by atoms with Gasteiger partial charge in [0, 0.05) is 6.42 Å². The zero-order valence-electron chi connectivity index (χ0n) is 43.9. The van der Waals surface area contributed by atoms with E-state index in [2.05, 4.69) is 104 Å². The van der Waals surface area contributed by atoms with E-state index in [-0.39, 0.29) is 18.9 Å². The molecular formula is C58H97NO13. The Balaban J connectivity index is 1.87. The maximum Gasteiger partial charge on any atom is 0.220 e. The molecular weight excluding hydrogens is 919 g/mol. The van der Waals surface area contributed by atoms with E-state index in [4.69, 9.17) is 18.9 Å². The number of carbonyl (C=O) groups excluding carboxylic acids is 1. The monoisotopic (exact) mass is 1020 g/mol. The van der Waals surface area contributed by atoms with Crippen LogP contribution < -0.4 is 5.32 Å². The fraction of sp³-hybridized carbons (Fsp3) is 0.707. The van der Waals surface area contributed by atoms with E-state index in [0.717, 1.165) is 77.0 Å². The maximum absolute atomic E-state index is 13.2. The second-order valence-corrected chi connectivity index (χ2v) is 19.0. The van der Waals surface area contributed by atoms with E-state index in [9.17, 15) is 45.6 Å². The Morgan fingerprint density at radius 2 is 0.972 bits per heavy atom. The Labute approximate surface area is 433 Å². The molecule has 0 bridgehead atoms. The Morgan fingerprint density at radius 1 is 0.514 bits per heavy atom. The zero-order valence-corrected chi connectivity index (χ0v) is 43.9. The molecule has 9 N–H and O–H groups in total. The summed E-state index contributed by atoms with van der Waals surface area (Å²) in [6, 6.07) is -0.962. The summed E-state index contributed by atoms with van der Waals surface area (Å²) >= 11 is 0. The predicted octanol–water partition coefficient (Wildman–Crippen LogP) is 8.32. The Bertz CT molecular complexity index is 1570. The summed E-state index contributed by atoms with van der Waals surface area (Å²) < 4.78 is 22.7. The molecule has 2 aliphatic heterocycles. The van der Waals surface area contributed by atoms with Crippen molar-refractivity contribution in [3.63, 3.8) is 0 Å². The molecule has 0 aromatic rings. The van der Waals surface area contributed by atoms with Gasteiger partial charge in [-0.25, -0.2) is 0 Å². The van der Waals surface area contributed by atoms with Gasteiger partial charge in [-0.1, -0.05) is 169 Å². The molecule has 2 rings (SSSR count). The highest BCUT2D eigenvalue weighted by molar-refractivity contribution is 5.76. The van der Waals surface area contributed by atoms with Gasteiger partial charge in [0.15, 0.2) is 12.6 Å². The molecule has 1 amide bonds. The summed E-state index contributed by atoms with van der Waals surface area (Å²) in [6.07, 6.45) is 41.5. The van der Waals surface area contributed by atoms with Crippen LogP contribution in [0.4, 0.5) is 0 Å². The van der Waals surface area contributed by atoms with Crippen LogP contribution in [0, 0.1) is 0 Å². The molecule has 2 aliphatic rings. The molecule has 0 aromatic carbocycles. The first-order valence-corrected chi connectivity index (χ1v) is 27.5. The fourth-order valence-electron chi connectivity index (χ4n) is 8.29. The number of aliphatic hydroxyl groups is 8. The largest absolute Gasteiger partial charge is 0.394 e. The van der Waals surface area contributed by atoms with Crippen LogP contribution in [0.15, 0.2) is 97.2 Å². The van der Waals surface area contributed by atoms with Crippen LogP contribution in [-0.4, -0.2) is 140 Å². The van der Waals surface area contributed by atoms with Crippen LogP contribution >= 0.6 is 0 Å². The molecule has 2 saturated heterocycles. The lowest BCUT2D eigenvalue weighted by Gasteiger charge is -2.46. The molecule has 412 valence electrons. The summed E-state index contributed by atoms with van der Waals surface area (Å²) in [5.41, 5.74) is 0. The molecule has 0 saturated carbocycles. The van der Waals surface area contributed by atoms with Crippen LogP contribution in [0.25, 0.3) is 0 Å². The first kappa shape index (κ1) is 65.0. The van der Waals surface area contributed by atoms with E-state index in [1.54, 1.807) is 6.08 Å². The minimum atomic E-state index is -1.80. The molecule has 72 heavy (non-hydrogen) atoms. The van der Waals surface area contributed by atoms with Crippen LogP contribution in [0.2, 0.25) is 0 Å². The van der Waals surface area contributed by atoms with Gasteiger partial charge >= 0.3 is 0 Å². The lowest BCUT2D eigenvalue weighted by molar-refractivity contribution is -0.359. The SMILES string of the molecule is CC/C=C\C/C=C\C/C=C\C/C=C\C/C=C\CCCCCC(=O)NC(COC1OC(CO)C(OC2OC(CO)C(O)C(O)C2O)C(O)C1O)C(O)/C=C/CC/C=C/CC/C=C/CCCCCCCCCCC. The number of aliphatic hydroxyl groups excluding tert-OH is 8. The number of amides is 1. The smallest absolute Gasteiger partial charge is 0.220 e. The molecule has 12 unspecified atom stereocenters. The van der Waals surface area contributed by atoms with Gasteiger partial charge in [-0.2, -0.15) is 0 Å². The number of ether oxygens (including phenoxy) is 4. The highest BCUT2D eigenvalue weighted by Crippen LogP contribution is 2.30. The zero-order chi connectivity index (χ0) is 52.4. The first-order valence-electron chi connectivity index (χ1n) is 27.5. The van der Waals surface area contributed by atoms with E-state index in [1.807, 2.05) is 6.08 Å². The van der Waals surface area contributed by atoms with Crippen molar-refractivity contribution in [3.8, 4) is 0 Å². The molecule has 0 aromatic heterocycles. The van der Waals surface area contributed by atoms with E-state index in [1.165, 1.54) is 57.8 Å². The number of rotatable bonds is 41. The molecule has 2 fully saturated rings. The van der Waals surface area contributed by atoms with Crippen LogP contribution in [0.1, 0.15) is 168 Å². The number of nitrogens with one attached hydrogen (secondary N) is 1. The number of unbranched alkanes of at least 4 members (excludes halogenated alkanes) is 14. The van der Waals surface area contributed by atoms with E-state index < -0.39 is 86.8 Å². The van der Waals surface area contributed by atoms with Gasteiger partial charge in [0.2, 0.25) is 5.91 Å². The van der Waals surface area contributed by atoms with Crippen molar-refractivity contribution in [1.29, 1.82) is 0 Å². The van der Waals surface area contributed by atoms with Gasteiger partial charge in [0.05, 0.1) is 32.0 Å². The van der Waals surface area contributed by atoms with E-state index >= 15 is 0 Å². The lowest BCUT2D eigenvalue weighted by Crippen LogP contribution is -2.65. The first-order chi connectivity index (χ1) is 35.1. The van der Waals surface area contributed by atoms with Crippen LogP contribution in [0.3, 0.4) is 0 Å². The molecule has 0 spiro atoms. The number of allylic oxidation sites excluding steroid dienone is 15. The summed E-state index contributed by atoms with van der Waals surface area (Å²) in [5, 5.41) is 86.9. The maximum atomic E-state index is 13.2. The van der Waals surface area contributed by atoms with Crippen molar-refractivity contribution in [3.05, 3.63) is 97.2 Å². The number of carbonyl (C=O) groups is 1. The van der Waals surface area contributed by atoms with Gasteiger partial charge in [-0.15, -0.1) is 0 Å². The third-order valence-corrected chi connectivity index (χ3v) is 12.7. The molecule has 2 heterocycles. The summed E-state index contributed by atoms with van der Waals surface area (Å²) in [5.74, 6) is -0.289. The van der Waals surface area contributed by atoms with Gasteiger partial charge in [-0.05, 0) is 89.9 Å². The van der Waals surface area contributed by atoms with Crippen molar-refractivity contribution >= 4 is 5.91 Å². The minimum Gasteiger partial charge on any atom is -0.394 e. The summed E-state index contributed by atoms with van der Waals surface area (Å²) in [6.45, 7) is 2.61. The van der Waals surface area contributed by atoms with Crippen LogP contribution in [0.5, 0.6) is 0 Å². The highest BCUT2D eigenvalue weighted by atomic mass is 16.7. The van der Waals surface area contributed by atoms with Crippen molar-refractivity contribution in [2.75, 3.05) is 19.8 Å². The average Bonchev–Trinajstić information content (AvgIpc) is 3.38. The van der Waals surface area contributed by atoms with Gasteiger partial charge in [0.1, 0.15) is 48.8 Å². The van der Waals surface area contributed by atoms with Crippen molar-refractivity contribution < 1.29 is 64.6 Å².